The van der Waals surface area contributed by atoms with Crippen LogP contribution in [0.3, 0.4) is 0 Å². The number of carbonyl (C=O) groups is 1. The van der Waals surface area contributed by atoms with Gasteiger partial charge in [0.25, 0.3) is 0 Å². The van der Waals surface area contributed by atoms with Crippen molar-refractivity contribution >= 4 is 44.8 Å². The number of rotatable bonds is 6. The Hall–Kier alpha value is -1.84. The molecule has 168 valence electrons. The van der Waals surface area contributed by atoms with Gasteiger partial charge in [-0.1, -0.05) is 29.3 Å². The maximum atomic E-state index is 12.9. The minimum absolute atomic E-state index is 0.104. The van der Waals surface area contributed by atoms with Crippen LogP contribution in [0, 0.1) is 6.92 Å². The molecule has 1 amide bonds. The van der Waals surface area contributed by atoms with Gasteiger partial charge in [-0.15, -0.1) is 0 Å². The van der Waals surface area contributed by atoms with Gasteiger partial charge in [-0.05, 0) is 49.7 Å². The Bertz CT molecular complexity index is 1070. The first-order valence-electron chi connectivity index (χ1n) is 9.78. The molecule has 0 spiro atoms. The average molecular weight is 486 g/mol. The third-order valence-corrected chi connectivity index (χ3v) is 7.98. The van der Waals surface area contributed by atoms with Gasteiger partial charge in [0.1, 0.15) is 5.75 Å². The Morgan fingerprint density at radius 1 is 1.06 bits per heavy atom. The number of halogens is 2. The van der Waals surface area contributed by atoms with Crippen molar-refractivity contribution in [3.63, 3.8) is 0 Å². The van der Waals surface area contributed by atoms with Gasteiger partial charge in [-0.3, -0.25) is 9.69 Å². The first kappa shape index (κ1) is 23.8. The third-order valence-electron chi connectivity index (χ3n) is 5.34. The van der Waals surface area contributed by atoms with E-state index in [2.05, 4.69) is 5.32 Å². The number of aryl methyl sites for hydroxylation is 1. The van der Waals surface area contributed by atoms with Crippen LogP contribution in [0.2, 0.25) is 10.0 Å². The molecule has 1 fully saturated rings. The highest BCUT2D eigenvalue weighted by molar-refractivity contribution is 7.89. The first-order valence-corrected chi connectivity index (χ1v) is 12.0. The van der Waals surface area contributed by atoms with Crippen molar-refractivity contribution in [2.75, 3.05) is 38.6 Å². The van der Waals surface area contributed by atoms with E-state index in [4.69, 9.17) is 27.9 Å². The van der Waals surface area contributed by atoms with E-state index in [-0.39, 0.29) is 28.9 Å². The molecule has 2 aromatic carbocycles. The largest absolute Gasteiger partial charge is 0.495 e. The summed E-state index contributed by atoms with van der Waals surface area (Å²) in [5, 5.41) is 3.41. The molecule has 0 bridgehead atoms. The molecule has 1 aliphatic rings. The highest BCUT2D eigenvalue weighted by Crippen LogP contribution is 2.28. The molecule has 1 unspecified atom stereocenters. The van der Waals surface area contributed by atoms with E-state index in [1.165, 1.54) is 22.5 Å². The first-order chi connectivity index (χ1) is 14.6. The van der Waals surface area contributed by atoms with E-state index in [0.717, 1.165) is 5.56 Å². The van der Waals surface area contributed by atoms with Crippen LogP contribution in [-0.2, 0) is 14.8 Å². The fourth-order valence-corrected chi connectivity index (χ4v) is 5.25. The highest BCUT2D eigenvalue weighted by atomic mass is 35.5. The summed E-state index contributed by atoms with van der Waals surface area (Å²) in [4.78, 5) is 14.9. The Morgan fingerprint density at radius 3 is 2.35 bits per heavy atom. The maximum absolute atomic E-state index is 12.9. The third kappa shape index (κ3) is 5.32. The molecule has 0 aromatic heterocycles. The predicted octanol–water partition coefficient (Wildman–Crippen LogP) is 3.64. The van der Waals surface area contributed by atoms with Crippen LogP contribution >= 0.6 is 23.2 Å². The lowest BCUT2D eigenvalue weighted by atomic mass is 10.2. The van der Waals surface area contributed by atoms with Gasteiger partial charge in [0, 0.05) is 26.2 Å². The zero-order chi connectivity index (χ0) is 22.8. The molecule has 1 aliphatic heterocycles. The summed E-state index contributed by atoms with van der Waals surface area (Å²) in [5.74, 6) is 0.411. The summed E-state index contributed by atoms with van der Waals surface area (Å²) in [6, 6.07) is 9.41. The second kappa shape index (κ2) is 9.75. The number of ether oxygens (including phenoxy) is 1. The van der Waals surface area contributed by atoms with Crippen LogP contribution in [0.25, 0.3) is 0 Å². The van der Waals surface area contributed by atoms with Crippen molar-refractivity contribution in [1.29, 1.82) is 0 Å². The van der Waals surface area contributed by atoms with E-state index >= 15 is 0 Å². The molecule has 2 aromatic rings. The van der Waals surface area contributed by atoms with Crippen LogP contribution in [-0.4, -0.2) is 62.9 Å². The number of methoxy groups -OCH3 is 1. The van der Waals surface area contributed by atoms with Gasteiger partial charge < -0.3 is 10.1 Å². The molecule has 10 heteroatoms. The Labute approximate surface area is 192 Å². The maximum Gasteiger partial charge on any atom is 0.243 e. The van der Waals surface area contributed by atoms with E-state index in [1.807, 2.05) is 30.0 Å². The lowest BCUT2D eigenvalue weighted by Gasteiger charge is -2.36. The second-order valence-electron chi connectivity index (χ2n) is 7.38. The SMILES string of the molecule is COc1ccc(C)cc1NC(=O)C(C)N1CCN(S(=O)(=O)c2ccc(Cl)c(Cl)c2)CC1. The van der Waals surface area contributed by atoms with Crippen LogP contribution in [0.4, 0.5) is 5.69 Å². The monoisotopic (exact) mass is 485 g/mol. The smallest absolute Gasteiger partial charge is 0.243 e. The van der Waals surface area contributed by atoms with Crippen LogP contribution in [0.15, 0.2) is 41.3 Å². The number of benzene rings is 2. The Balaban J connectivity index is 1.64. The van der Waals surface area contributed by atoms with Crippen LogP contribution < -0.4 is 10.1 Å². The summed E-state index contributed by atoms with van der Waals surface area (Å²) in [7, 11) is -2.13. The number of piperazine rings is 1. The standard InChI is InChI=1S/C21H25Cl2N3O4S/c1-14-4-7-20(30-3)19(12-14)24-21(27)15(2)25-8-10-26(11-9-25)31(28,29)16-5-6-17(22)18(23)13-16/h4-7,12-13,15H,8-11H2,1-3H3,(H,24,27). The van der Waals surface area contributed by atoms with Crippen molar-refractivity contribution in [2.24, 2.45) is 0 Å². The van der Waals surface area contributed by atoms with Crippen LogP contribution in [0.5, 0.6) is 5.75 Å². The van der Waals surface area contributed by atoms with Crippen molar-refractivity contribution in [3.8, 4) is 5.75 Å². The number of nitrogens with one attached hydrogen (secondary N) is 1. The molecule has 1 atom stereocenters. The zero-order valence-corrected chi connectivity index (χ0v) is 19.9. The molecular formula is C21H25Cl2N3O4S. The number of hydrogen-bond acceptors (Lipinski definition) is 5. The molecule has 1 saturated heterocycles. The van der Waals surface area contributed by atoms with Crippen LogP contribution in [0.1, 0.15) is 12.5 Å². The van der Waals surface area contributed by atoms with Gasteiger partial charge in [0.15, 0.2) is 0 Å². The fraction of sp³-hybridized carbons (Fsp3) is 0.381. The van der Waals surface area contributed by atoms with Gasteiger partial charge in [0.2, 0.25) is 15.9 Å². The van der Waals surface area contributed by atoms with E-state index in [0.29, 0.717) is 29.5 Å². The van der Waals surface area contributed by atoms with Gasteiger partial charge in [-0.2, -0.15) is 4.31 Å². The number of sulfonamides is 1. The summed E-state index contributed by atoms with van der Waals surface area (Å²) in [5.41, 5.74) is 1.62. The lowest BCUT2D eigenvalue weighted by molar-refractivity contribution is -0.121. The molecule has 1 heterocycles. The predicted molar refractivity (Wildman–Crippen MR) is 123 cm³/mol. The summed E-state index contributed by atoms with van der Waals surface area (Å²) in [6.45, 7) is 5.15. The molecule has 1 N–H and O–H groups in total. The number of amides is 1. The quantitative estimate of drug-likeness (QED) is 0.675. The second-order valence-corrected chi connectivity index (χ2v) is 10.1. The number of hydrogen-bond donors (Lipinski definition) is 1. The topological polar surface area (TPSA) is 79.0 Å². The van der Waals surface area contributed by atoms with E-state index in [1.54, 1.807) is 14.0 Å². The molecule has 0 aliphatic carbocycles. The number of carbonyl (C=O) groups excluding carboxylic acids is 1. The minimum Gasteiger partial charge on any atom is -0.495 e. The number of anilines is 1. The fourth-order valence-electron chi connectivity index (χ4n) is 3.44. The molecule has 0 saturated carbocycles. The van der Waals surface area contributed by atoms with Crippen molar-refractivity contribution < 1.29 is 17.9 Å². The zero-order valence-electron chi connectivity index (χ0n) is 17.6. The molecule has 3 rings (SSSR count). The normalized spacial score (nSPS) is 16.7. The van der Waals surface area contributed by atoms with Gasteiger partial charge in [-0.25, -0.2) is 8.42 Å². The van der Waals surface area contributed by atoms with Gasteiger partial charge in [0.05, 0.1) is 33.8 Å². The highest BCUT2D eigenvalue weighted by Gasteiger charge is 2.32. The van der Waals surface area contributed by atoms with E-state index < -0.39 is 16.1 Å². The molecule has 0 radical (unpaired) electrons. The molecular weight excluding hydrogens is 461 g/mol. The molecule has 7 nitrogen and oxygen atoms in total. The Kier molecular flexibility index (Phi) is 7.49. The summed E-state index contributed by atoms with van der Waals surface area (Å²) >= 11 is 11.9. The summed E-state index contributed by atoms with van der Waals surface area (Å²) < 4.78 is 32.6. The summed E-state index contributed by atoms with van der Waals surface area (Å²) in [6.07, 6.45) is 0. The van der Waals surface area contributed by atoms with E-state index in [9.17, 15) is 13.2 Å². The molecule has 31 heavy (non-hydrogen) atoms. The van der Waals surface area contributed by atoms with Crippen molar-refractivity contribution in [1.82, 2.24) is 9.21 Å². The average Bonchev–Trinajstić information content (AvgIpc) is 2.75. The van der Waals surface area contributed by atoms with Crippen molar-refractivity contribution in [3.05, 3.63) is 52.0 Å². The minimum atomic E-state index is -3.69. The number of nitrogens with zero attached hydrogens (tertiary/aromatic N) is 2. The van der Waals surface area contributed by atoms with Gasteiger partial charge >= 0.3 is 0 Å². The van der Waals surface area contributed by atoms with Crippen molar-refractivity contribution in [2.45, 2.75) is 24.8 Å². The lowest BCUT2D eigenvalue weighted by Crippen LogP contribution is -2.53. The Morgan fingerprint density at radius 2 is 1.74 bits per heavy atom.